The minimum Gasteiger partial charge on any atom is -0.347 e. The molecule has 0 aliphatic heterocycles. The van der Waals surface area contributed by atoms with Crippen LogP contribution in [0.1, 0.15) is 17.7 Å². The van der Waals surface area contributed by atoms with E-state index >= 15 is 0 Å². The molecule has 4 nitrogen and oxygen atoms in total. The molecule has 2 aromatic rings. The molecule has 0 unspecified atom stereocenters. The summed E-state index contributed by atoms with van der Waals surface area (Å²) in [5.41, 5.74) is -0.0579. The zero-order valence-electron chi connectivity index (χ0n) is 9.60. The maximum Gasteiger partial charge on any atom is 0.266 e. The molecule has 0 amide bonds. The van der Waals surface area contributed by atoms with Crippen LogP contribution in [0.4, 0.5) is 5.82 Å². The molecule has 0 aromatic carbocycles. The number of halogens is 1. The highest BCUT2D eigenvalue weighted by atomic mass is 127. The summed E-state index contributed by atoms with van der Waals surface area (Å²) in [6.07, 6.45) is 3.87. The number of anilines is 1. The van der Waals surface area contributed by atoms with E-state index in [-0.39, 0.29) is 5.56 Å². The van der Waals surface area contributed by atoms with Gasteiger partial charge in [0, 0.05) is 10.9 Å². The highest BCUT2D eigenvalue weighted by Gasteiger charge is 2.31. The first-order chi connectivity index (χ1) is 8.75. The molecule has 2 heterocycles. The third-order valence-corrected chi connectivity index (χ3v) is 4.78. The van der Waals surface area contributed by atoms with Crippen molar-refractivity contribution >= 4 is 39.7 Å². The van der Waals surface area contributed by atoms with Crippen LogP contribution in [0.2, 0.25) is 0 Å². The Bertz CT molecular complexity index is 592. The van der Waals surface area contributed by atoms with Crippen LogP contribution in [-0.4, -0.2) is 16.0 Å². The van der Waals surface area contributed by atoms with Gasteiger partial charge >= 0.3 is 0 Å². The van der Waals surface area contributed by atoms with Gasteiger partial charge in [-0.25, -0.2) is 4.98 Å². The lowest BCUT2D eigenvalue weighted by atomic mass is 10.3. The Labute approximate surface area is 122 Å². The molecular formula is C12H12IN3OS. The molecule has 0 saturated heterocycles. The maximum atomic E-state index is 11.7. The lowest BCUT2D eigenvalue weighted by molar-refractivity contribution is 0.777. The fourth-order valence-electron chi connectivity index (χ4n) is 1.91. The molecular weight excluding hydrogens is 361 g/mol. The summed E-state index contributed by atoms with van der Waals surface area (Å²) >= 11 is 3.82. The standard InChI is InChI=1S/C12H12IN3OS/c13-10-11(14-7-15-12(10)17)16(8-3-4-8)6-9-2-1-5-18-9/h1-2,5,7-8H,3-4,6H2,(H,14,15,17). The van der Waals surface area contributed by atoms with Crippen LogP contribution < -0.4 is 10.5 Å². The maximum absolute atomic E-state index is 11.7. The summed E-state index contributed by atoms with van der Waals surface area (Å²) in [6.45, 7) is 0.842. The van der Waals surface area contributed by atoms with Gasteiger partial charge in [-0.05, 0) is 46.9 Å². The van der Waals surface area contributed by atoms with Crippen LogP contribution in [0.15, 0.2) is 28.6 Å². The summed E-state index contributed by atoms with van der Waals surface area (Å²) in [5, 5.41) is 2.08. The molecule has 6 heteroatoms. The Hall–Kier alpha value is -0.890. The highest BCUT2D eigenvalue weighted by Crippen LogP contribution is 2.33. The third-order valence-electron chi connectivity index (χ3n) is 2.94. The number of aromatic amines is 1. The number of H-pyrrole nitrogens is 1. The Morgan fingerprint density at radius 3 is 3.06 bits per heavy atom. The van der Waals surface area contributed by atoms with Crippen LogP contribution >= 0.6 is 33.9 Å². The molecule has 1 saturated carbocycles. The van der Waals surface area contributed by atoms with Gasteiger partial charge in [0.2, 0.25) is 0 Å². The number of nitrogens with one attached hydrogen (secondary N) is 1. The predicted molar refractivity (Wildman–Crippen MR) is 81.1 cm³/mol. The van der Waals surface area contributed by atoms with Crippen molar-refractivity contribution in [3.63, 3.8) is 0 Å². The second-order valence-electron chi connectivity index (χ2n) is 4.31. The second kappa shape index (κ2) is 5.00. The Kier molecular flexibility index (Phi) is 3.38. The van der Waals surface area contributed by atoms with E-state index in [0.29, 0.717) is 9.61 Å². The number of hydrogen-bond acceptors (Lipinski definition) is 4. The summed E-state index contributed by atoms with van der Waals surface area (Å²) < 4.78 is 0.679. The molecule has 0 bridgehead atoms. The largest absolute Gasteiger partial charge is 0.347 e. The zero-order chi connectivity index (χ0) is 12.5. The lowest BCUT2D eigenvalue weighted by Gasteiger charge is -2.23. The smallest absolute Gasteiger partial charge is 0.266 e. The Morgan fingerprint density at radius 1 is 1.56 bits per heavy atom. The SMILES string of the molecule is O=c1[nH]cnc(N(Cc2cccs2)C2CC2)c1I. The zero-order valence-corrected chi connectivity index (χ0v) is 12.6. The summed E-state index contributed by atoms with van der Waals surface area (Å²) in [7, 11) is 0. The molecule has 1 N–H and O–H groups in total. The van der Waals surface area contributed by atoms with Gasteiger partial charge in [0.15, 0.2) is 0 Å². The van der Waals surface area contributed by atoms with Crippen LogP contribution in [-0.2, 0) is 6.54 Å². The van der Waals surface area contributed by atoms with E-state index in [9.17, 15) is 4.79 Å². The molecule has 0 atom stereocenters. The topological polar surface area (TPSA) is 49.0 Å². The van der Waals surface area contributed by atoms with E-state index in [1.54, 1.807) is 11.3 Å². The van der Waals surface area contributed by atoms with Crippen LogP contribution in [0.5, 0.6) is 0 Å². The molecule has 2 aromatic heterocycles. The first-order valence-electron chi connectivity index (χ1n) is 5.78. The van der Waals surface area contributed by atoms with Gasteiger partial charge in [-0.1, -0.05) is 6.07 Å². The van der Waals surface area contributed by atoms with Gasteiger partial charge in [0.25, 0.3) is 5.56 Å². The Balaban J connectivity index is 1.94. The molecule has 1 aliphatic rings. The van der Waals surface area contributed by atoms with Crippen molar-refractivity contribution in [3.8, 4) is 0 Å². The van der Waals surface area contributed by atoms with Gasteiger partial charge in [-0.15, -0.1) is 11.3 Å². The highest BCUT2D eigenvalue weighted by molar-refractivity contribution is 14.1. The quantitative estimate of drug-likeness (QED) is 0.839. The van der Waals surface area contributed by atoms with E-state index in [1.807, 2.05) is 0 Å². The van der Waals surface area contributed by atoms with Crippen LogP contribution in [0.3, 0.4) is 0 Å². The van der Waals surface area contributed by atoms with Crippen molar-refractivity contribution in [1.29, 1.82) is 0 Å². The number of thiophene rings is 1. The lowest BCUT2D eigenvalue weighted by Crippen LogP contribution is -2.29. The van der Waals surface area contributed by atoms with Gasteiger partial charge < -0.3 is 9.88 Å². The fraction of sp³-hybridized carbons (Fsp3) is 0.333. The first kappa shape index (κ1) is 12.2. The van der Waals surface area contributed by atoms with Crippen molar-refractivity contribution in [3.05, 3.63) is 42.6 Å². The molecule has 0 spiro atoms. The molecule has 1 aliphatic carbocycles. The molecule has 18 heavy (non-hydrogen) atoms. The van der Waals surface area contributed by atoms with Gasteiger partial charge in [0.05, 0.1) is 12.9 Å². The normalized spacial score (nSPS) is 14.7. The van der Waals surface area contributed by atoms with Crippen molar-refractivity contribution in [2.24, 2.45) is 0 Å². The number of nitrogens with zero attached hydrogens (tertiary/aromatic N) is 2. The number of aromatic nitrogens is 2. The first-order valence-corrected chi connectivity index (χ1v) is 7.74. The minimum atomic E-state index is -0.0579. The molecule has 1 fully saturated rings. The van der Waals surface area contributed by atoms with Gasteiger partial charge in [0.1, 0.15) is 9.39 Å². The van der Waals surface area contributed by atoms with E-state index in [2.05, 4.69) is 55.0 Å². The van der Waals surface area contributed by atoms with E-state index in [1.165, 1.54) is 24.0 Å². The van der Waals surface area contributed by atoms with Crippen molar-refractivity contribution < 1.29 is 0 Å². The number of rotatable bonds is 4. The van der Waals surface area contributed by atoms with E-state index < -0.39 is 0 Å². The average Bonchev–Trinajstić information content (AvgIpc) is 3.08. The van der Waals surface area contributed by atoms with Crippen molar-refractivity contribution in [1.82, 2.24) is 9.97 Å². The van der Waals surface area contributed by atoms with Crippen LogP contribution in [0, 0.1) is 3.57 Å². The van der Waals surface area contributed by atoms with E-state index in [0.717, 1.165) is 12.4 Å². The summed E-state index contributed by atoms with van der Waals surface area (Å²) in [6, 6.07) is 4.72. The molecule has 0 radical (unpaired) electrons. The monoisotopic (exact) mass is 373 g/mol. The fourth-order valence-corrected chi connectivity index (χ4v) is 3.21. The van der Waals surface area contributed by atoms with Gasteiger partial charge in [-0.2, -0.15) is 0 Å². The predicted octanol–water partition coefficient (Wildman–Crippen LogP) is 2.61. The minimum absolute atomic E-state index is 0.0579. The third kappa shape index (κ3) is 2.44. The molecule has 3 rings (SSSR count). The van der Waals surface area contributed by atoms with E-state index in [4.69, 9.17) is 0 Å². The van der Waals surface area contributed by atoms with Crippen LogP contribution in [0.25, 0.3) is 0 Å². The number of hydrogen-bond donors (Lipinski definition) is 1. The molecule has 94 valence electrons. The van der Waals surface area contributed by atoms with Gasteiger partial charge in [-0.3, -0.25) is 4.79 Å². The summed E-state index contributed by atoms with van der Waals surface area (Å²) in [4.78, 5) is 22.2. The Morgan fingerprint density at radius 2 is 2.39 bits per heavy atom. The second-order valence-corrected chi connectivity index (χ2v) is 6.42. The van der Waals surface area contributed by atoms with Crippen molar-refractivity contribution in [2.45, 2.75) is 25.4 Å². The summed E-state index contributed by atoms with van der Waals surface area (Å²) in [5.74, 6) is 0.815. The van der Waals surface area contributed by atoms with Crippen molar-refractivity contribution in [2.75, 3.05) is 4.90 Å². The average molecular weight is 373 g/mol.